The molecule has 1 aliphatic heterocycles. The van der Waals surface area contributed by atoms with Gasteiger partial charge in [-0.1, -0.05) is 24.4 Å². The summed E-state index contributed by atoms with van der Waals surface area (Å²) in [6.07, 6.45) is 3.99. The van der Waals surface area contributed by atoms with Gasteiger partial charge in [-0.25, -0.2) is 0 Å². The number of anilines is 1. The Hall–Kier alpha value is -1.46. The number of rotatable bonds is 6. The van der Waals surface area contributed by atoms with Gasteiger partial charge in [0.25, 0.3) is 0 Å². The minimum Gasteiger partial charge on any atom is -0.389 e. The Labute approximate surface area is 125 Å². The molecule has 1 aromatic carbocycles. The van der Waals surface area contributed by atoms with Crippen LogP contribution in [0.2, 0.25) is 0 Å². The minimum absolute atomic E-state index is 0.0212. The Morgan fingerprint density at radius 1 is 1.30 bits per heavy atom. The topological polar surface area (TPSA) is 58.4 Å². The zero-order valence-corrected chi connectivity index (χ0v) is 12.4. The SMILES string of the molecule is NC(=S)c1ccccc1NC(=O)CCCN1CCCC1. The van der Waals surface area contributed by atoms with Crippen LogP contribution in [0.5, 0.6) is 0 Å². The van der Waals surface area contributed by atoms with Gasteiger partial charge in [-0.2, -0.15) is 0 Å². The predicted octanol–water partition coefficient (Wildman–Crippen LogP) is 2.14. The molecule has 3 N–H and O–H groups in total. The third kappa shape index (κ3) is 4.28. The van der Waals surface area contributed by atoms with Crippen molar-refractivity contribution in [2.75, 3.05) is 25.0 Å². The summed E-state index contributed by atoms with van der Waals surface area (Å²) in [5.74, 6) is 0.0212. The standard InChI is InChI=1S/C15H21N3OS/c16-15(20)12-6-1-2-7-13(12)17-14(19)8-5-11-18-9-3-4-10-18/h1-2,6-7H,3-5,8-11H2,(H2,16,20)(H,17,19). The quantitative estimate of drug-likeness (QED) is 0.788. The highest BCUT2D eigenvalue weighted by molar-refractivity contribution is 7.80. The van der Waals surface area contributed by atoms with Crippen molar-refractivity contribution in [3.05, 3.63) is 29.8 Å². The van der Waals surface area contributed by atoms with Crippen molar-refractivity contribution in [3.63, 3.8) is 0 Å². The summed E-state index contributed by atoms with van der Waals surface area (Å²) >= 11 is 4.98. The van der Waals surface area contributed by atoms with Crippen LogP contribution in [0.4, 0.5) is 5.69 Å². The number of carbonyl (C=O) groups excluding carboxylic acids is 1. The predicted molar refractivity (Wildman–Crippen MR) is 85.9 cm³/mol. The van der Waals surface area contributed by atoms with E-state index < -0.39 is 0 Å². The maximum Gasteiger partial charge on any atom is 0.224 e. The first-order chi connectivity index (χ1) is 9.66. The molecule has 0 aromatic heterocycles. The summed E-state index contributed by atoms with van der Waals surface area (Å²) in [5, 5.41) is 2.89. The van der Waals surface area contributed by atoms with Crippen molar-refractivity contribution < 1.29 is 4.79 Å². The molecule has 0 radical (unpaired) electrons. The number of hydrogen-bond acceptors (Lipinski definition) is 3. The van der Waals surface area contributed by atoms with Gasteiger partial charge in [0.15, 0.2) is 0 Å². The molecular weight excluding hydrogens is 270 g/mol. The number of nitrogens with zero attached hydrogens (tertiary/aromatic N) is 1. The second-order valence-electron chi connectivity index (χ2n) is 5.11. The molecule has 5 heteroatoms. The number of carbonyl (C=O) groups is 1. The van der Waals surface area contributed by atoms with Crippen LogP contribution in [0.3, 0.4) is 0 Å². The summed E-state index contributed by atoms with van der Waals surface area (Å²) in [5.41, 5.74) is 7.06. The van der Waals surface area contributed by atoms with E-state index in [1.807, 2.05) is 24.3 Å². The molecule has 1 heterocycles. The van der Waals surface area contributed by atoms with Crippen molar-refractivity contribution in [2.24, 2.45) is 5.73 Å². The number of nitrogens with two attached hydrogens (primary N) is 1. The van der Waals surface area contributed by atoms with Crippen LogP contribution in [0, 0.1) is 0 Å². The first kappa shape index (κ1) is 14.9. The molecule has 1 amide bonds. The number of benzene rings is 1. The van der Waals surface area contributed by atoms with E-state index in [2.05, 4.69) is 10.2 Å². The Morgan fingerprint density at radius 3 is 2.70 bits per heavy atom. The minimum atomic E-state index is 0.0212. The normalized spacial score (nSPS) is 15.2. The van der Waals surface area contributed by atoms with Crippen molar-refractivity contribution in [2.45, 2.75) is 25.7 Å². The molecular formula is C15H21N3OS. The highest BCUT2D eigenvalue weighted by Crippen LogP contribution is 2.15. The summed E-state index contributed by atoms with van der Waals surface area (Å²) in [6.45, 7) is 3.35. The summed E-state index contributed by atoms with van der Waals surface area (Å²) in [6, 6.07) is 7.37. The van der Waals surface area contributed by atoms with Crippen molar-refractivity contribution in [1.29, 1.82) is 0 Å². The van der Waals surface area contributed by atoms with Gasteiger partial charge in [-0.05, 0) is 51.0 Å². The van der Waals surface area contributed by atoms with E-state index >= 15 is 0 Å². The smallest absolute Gasteiger partial charge is 0.224 e. The van der Waals surface area contributed by atoms with Gasteiger partial charge in [0.1, 0.15) is 4.99 Å². The van der Waals surface area contributed by atoms with Crippen LogP contribution >= 0.6 is 12.2 Å². The Morgan fingerprint density at radius 2 is 2.00 bits per heavy atom. The molecule has 20 heavy (non-hydrogen) atoms. The lowest BCUT2D eigenvalue weighted by Crippen LogP contribution is -2.22. The van der Waals surface area contributed by atoms with Crippen LogP contribution in [0.1, 0.15) is 31.2 Å². The fourth-order valence-corrected chi connectivity index (χ4v) is 2.67. The van der Waals surface area contributed by atoms with Crippen molar-refractivity contribution in [3.8, 4) is 0 Å². The molecule has 4 nitrogen and oxygen atoms in total. The highest BCUT2D eigenvalue weighted by atomic mass is 32.1. The van der Waals surface area contributed by atoms with Crippen LogP contribution in [-0.2, 0) is 4.79 Å². The van der Waals surface area contributed by atoms with Crippen LogP contribution in [0.25, 0.3) is 0 Å². The second kappa shape index (κ2) is 7.36. The van der Waals surface area contributed by atoms with E-state index in [0.29, 0.717) is 17.1 Å². The molecule has 0 unspecified atom stereocenters. The monoisotopic (exact) mass is 291 g/mol. The molecule has 0 saturated carbocycles. The van der Waals surface area contributed by atoms with Crippen LogP contribution < -0.4 is 11.1 Å². The third-order valence-electron chi connectivity index (χ3n) is 3.54. The van der Waals surface area contributed by atoms with Gasteiger partial charge < -0.3 is 16.0 Å². The average Bonchev–Trinajstić information content (AvgIpc) is 2.92. The number of thiocarbonyl (C=S) groups is 1. The summed E-state index contributed by atoms with van der Waals surface area (Å²) in [4.78, 5) is 14.7. The highest BCUT2D eigenvalue weighted by Gasteiger charge is 2.12. The number of likely N-dealkylation sites (tertiary alicyclic amines) is 1. The number of hydrogen-bond donors (Lipinski definition) is 2. The Kier molecular flexibility index (Phi) is 5.49. The van der Waals surface area contributed by atoms with Gasteiger partial charge in [-0.15, -0.1) is 0 Å². The van der Waals surface area contributed by atoms with Gasteiger partial charge in [-0.3, -0.25) is 4.79 Å². The molecule has 1 fully saturated rings. The molecule has 0 bridgehead atoms. The number of para-hydroxylation sites is 1. The number of nitrogens with one attached hydrogen (secondary N) is 1. The lowest BCUT2D eigenvalue weighted by atomic mass is 10.1. The summed E-state index contributed by atoms with van der Waals surface area (Å²) < 4.78 is 0. The van der Waals surface area contributed by atoms with E-state index in [-0.39, 0.29) is 5.91 Å². The fourth-order valence-electron chi connectivity index (χ4n) is 2.49. The van der Waals surface area contributed by atoms with E-state index in [9.17, 15) is 4.79 Å². The fraction of sp³-hybridized carbons (Fsp3) is 0.467. The molecule has 1 aromatic rings. The largest absolute Gasteiger partial charge is 0.389 e. The Bertz CT molecular complexity index is 484. The van der Waals surface area contributed by atoms with Gasteiger partial charge in [0, 0.05) is 12.0 Å². The van der Waals surface area contributed by atoms with Gasteiger partial charge >= 0.3 is 0 Å². The Balaban J connectivity index is 1.80. The molecule has 1 aliphatic rings. The van der Waals surface area contributed by atoms with E-state index in [1.165, 1.54) is 25.9 Å². The first-order valence-electron chi connectivity index (χ1n) is 7.08. The molecule has 108 valence electrons. The zero-order chi connectivity index (χ0) is 14.4. The number of amides is 1. The summed E-state index contributed by atoms with van der Waals surface area (Å²) in [7, 11) is 0. The molecule has 0 atom stereocenters. The zero-order valence-electron chi connectivity index (χ0n) is 11.6. The second-order valence-corrected chi connectivity index (χ2v) is 5.55. The van der Waals surface area contributed by atoms with E-state index in [0.717, 1.165) is 18.5 Å². The first-order valence-corrected chi connectivity index (χ1v) is 7.48. The van der Waals surface area contributed by atoms with Crippen LogP contribution in [-0.4, -0.2) is 35.4 Å². The lowest BCUT2D eigenvalue weighted by molar-refractivity contribution is -0.116. The lowest BCUT2D eigenvalue weighted by Gasteiger charge is -2.14. The molecule has 1 saturated heterocycles. The van der Waals surface area contributed by atoms with Crippen molar-refractivity contribution >= 4 is 28.8 Å². The van der Waals surface area contributed by atoms with E-state index in [4.69, 9.17) is 18.0 Å². The average molecular weight is 291 g/mol. The van der Waals surface area contributed by atoms with Gasteiger partial charge in [0.05, 0.1) is 5.69 Å². The van der Waals surface area contributed by atoms with Crippen molar-refractivity contribution in [1.82, 2.24) is 4.90 Å². The van der Waals surface area contributed by atoms with Crippen LogP contribution in [0.15, 0.2) is 24.3 Å². The maximum atomic E-state index is 11.9. The molecule has 2 rings (SSSR count). The van der Waals surface area contributed by atoms with Gasteiger partial charge in [0.2, 0.25) is 5.91 Å². The third-order valence-corrected chi connectivity index (χ3v) is 3.76. The molecule has 0 aliphatic carbocycles. The van der Waals surface area contributed by atoms with E-state index in [1.54, 1.807) is 0 Å². The maximum absolute atomic E-state index is 11.9. The molecule has 0 spiro atoms.